The van der Waals surface area contributed by atoms with Crippen LogP contribution in [0.15, 0.2) is 63.4 Å². The molecule has 0 aliphatic carbocycles. The van der Waals surface area contributed by atoms with Crippen LogP contribution >= 0.6 is 27.3 Å². The van der Waals surface area contributed by atoms with Crippen LogP contribution in [0.25, 0.3) is 32.5 Å². The van der Waals surface area contributed by atoms with Gasteiger partial charge in [0, 0.05) is 33.4 Å². The van der Waals surface area contributed by atoms with Crippen molar-refractivity contribution in [3.8, 4) is 28.0 Å². The molecule has 0 radical (unpaired) electrons. The third-order valence-electron chi connectivity index (χ3n) is 3.82. The molecule has 6 heteroatoms. The quantitative estimate of drug-likeness (QED) is 0.510. The molecule has 4 aromatic rings. The Balaban J connectivity index is 2.02. The maximum atomic E-state index is 12.4. The highest BCUT2D eigenvalue weighted by atomic mass is 79.9. The fraction of sp³-hybridized carbons (Fsp3) is 0. The first kappa shape index (κ1) is 15.1. The minimum absolute atomic E-state index is 0.0130. The zero-order valence-electron chi connectivity index (χ0n) is 12.3. The van der Waals surface area contributed by atoms with Gasteiger partial charge in [-0.05, 0) is 23.8 Å². The topological polar surface area (TPSA) is 66.0 Å². The number of nitrogens with one attached hydrogen (secondary N) is 1. The molecule has 0 spiro atoms. The molecule has 4 nitrogen and oxygen atoms in total. The van der Waals surface area contributed by atoms with E-state index in [0.717, 1.165) is 15.6 Å². The Labute approximate surface area is 149 Å². The molecule has 0 saturated carbocycles. The van der Waals surface area contributed by atoms with Crippen molar-refractivity contribution in [1.29, 1.82) is 0 Å². The SMILES string of the molecule is O=c1[nH]c2scc(-c3ccc(Br)cc3)c2c(O)c1-c1cccnc1. The summed E-state index contributed by atoms with van der Waals surface area (Å²) in [6.07, 6.45) is 3.20. The van der Waals surface area contributed by atoms with Crippen molar-refractivity contribution in [3.63, 3.8) is 0 Å². The molecular formula is C18H11BrN2O2S. The Kier molecular flexibility index (Phi) is 3.70. The summed E-state index contributed by atoms with van der Waals surface area (Å²) in [5.41, 5.74) is 2.38. The van der Waals surface area contributed by atoms with Gasteiger partial charge >= 0.3 is 0 Å². The predicted octanol–water partition coefficient (Wildman–Crippen LogP) is 4.79. The highest BCUT2D eigenvalue weighted by Crippen LogP contribution is 2.41. The number of pyridine rings is 2. The molecule has 0 atom stereocenters. The summed E-state index contributed by atoms with van der Waals surface area (Å²) in [4.78, 5) is 20.0. The Morgan fingerprint density at radius 3 is 2.62 bits per heavy atom. The van der Waals surface area contributed by atoms with Crippen molar-refractivity contribution in [2.45, 2.75) is 0 Å². The molecule has 0 unspecified atom stereocenters. The van der Waals surface area contributed by atoms with E-state index in [9.17, 15) is 9.90 Å². The molecule has 4 rings (SSSR count). The largest absolute Gasteiger partial charge is 0.506 e. The van der Waals surface area contributed by atoms with Crippen LogP contribution in [0, 0.1) is 0 Å². The van der Waals surface area contributed by atoms with Crippen LogP contribution < -0.4 is 5.56 Å². The van der Waals surface area contributed by atoms with Crippen LogP contribution in [-0.2, 0) is 0 Å². The standard InChI is InChI=1S/C18H11BrN2O2S/c19-12-5-3-10(4-6-12)13-9-24-18-15(13)16(22)14(17(23)21-18)11-2-1-7-20-8-11/h1-9H,(H2,21,22,23). The van der Waals surface area contributed by atoms with Gasteiger partial charge in [-0.15, -0.1) is 11.3 Å². The number of nitrogens with zero attached hydrogens (tertiary/aromatic N) is 1. The summed E-state index contributed by atoms with van der Waals surface area (Å²) < 4.78 is 0.986. The van der Waals surface area contributed by atoms with E-state index in [2.05, 4.69) is 25.9 Å². The molecule has 0 saturated heterocycles. The van der Waals surface area contributed by atoms with Gasteiger partial charge in [-0.2, -0.15) is 0 Å². The Morgan fingerprint density at radius 1 is 1.12 bits per heavy atom. The third kappa shape index (κ3) is 2.44. The summed E-state index contributed by atoms with van der Waals surface area (Å²) in [5, 5.41) is 13.4. The van der Waals surface area contributed by atoms with Gasteiger partial charge in [0.25, 0.3) is 5.56 Å². The molecule has 0 bridgehead atoms. The van der Waals surface area contributed by atoms with Crippen molar-refractivity contribution in [2.24, 2.45) is 0 Å². The highest BCUT2D eigenvalue weighted by Gasteiger charge is 2.18. The van der Waals surface area contributed by atoms with Crippen molar-refractivity contribution in [1.82, 2.24) is 9.97 Å². The molecule has 3 heterocycles. The van der Waals surface area contributed by atoms with Crippen molar-refractivity contribution < 1.29 is 5.11 Å². The van der Waals surface area contributed by atoms with Crippen LogP contribution in [-0.4, -0.2) is 15.1 Å². The Bertz CT molecular complexity index is 1090. The maximum absolute atomic E-state index is 12.4. The van der Waals surface area contributed by atoms with E-state index >= 15 is 0 Å². The molecule has 118 valence electrons. The van der Waals surface area contributed by atoms with Gasteiger partial charge in [0.1, 0.15) is 10.6 Å². The summed E-state index contributed by atoms with van der Waals surface area (Å²) in [7, 11) is 0. The minimum atomic E-state index is -0.322. The number of aromatic nitrogens is 2. The van der Waals surface area contributed by atoms with E-state index in [0.29, 0.717) is 15.8 Å². The zero-order valence-corrected chi connectivity index (χ0v) is 14.7. The number of halogens is 1. The smallest absolute Gasteiger partial charge is 0.260 e. The van der Waals surface area contributed by atoms with E-state index in [1.807, 2.05) is 29.6 Å². The molecular weight excluding hydrogens is 388 g/mol. The molecule has 0 amide bonds. The van der Waals surface area contributed by atoms with Gasteiger partial charge in [-0.1, -0.05) is 34.1 Å². The van der Waals surface area contributed by atoms with Gasteiger partial charge in [0.05, 0.1) is 10.9 Å². The summed E-state index contributed by atoms with van der Waals surface area (Å²) >= 11 is 4.83. The van der Waals surface area contributed by atoms with Crippen molar-refractivity contribution in [2.75, 3.05) is 0 Å². The maximum Gasteiger partial charge on any atom is 0.260 e. The first-order chi connectivity index (χ1) is 11.6. The third-order valence-corrected chi connectivity index (χ3v) is 5.25. The minimum Gasteiger partial charge on any atom is -0.506 e. The monoisotopic (exact) mass is 398 g/mol. The van der Waals surface area contributed by atoms with Crippen molar-refractivity contribution >= 4 is 37.5 Å². The van der Waals surface area contributed by atoms with Gasteiger partial charge in [-0.3, -0.25) is 9.78 Å². The fourth-order valence-corrected chi connectivity index (χ4v) is 3.93. The second-order valence-electron chi connectivity index (χ2n) is 5.28. The zero-order chi connectivity index (χ0) is 16.7. The van der Waals surface area contributed by atoms with E-state index in [4.69, 9.17) is 0 Å². The number of aromatic amines is 1. The van der Waals surface area contributed by atoms with E-state index in [-0.39, 0.29) is 16.9 Å². The van der Waals surface area contributed by atoms with Gasteiger partial charge in [0.15, 0.2) is 0 Å². The second kappa shape index (κ2) is 5.89. The number of aromatic hydroxyl groups is 1. The molecule has 0 aliphatic heterocycles. The van der Waals surface area contributed by atoms with Crippen LogP contribution in [0.5, 0.6) is 5.75 Å². The lowest BCUT2D eigenvalue weighted by atomic mass is 10.0. The average Bonchev–Trinajstić information content (AvgIpc) is 3.00. The number of thiophene rings is 1. The van der Waals surface area contributed by atoms with Gasteiger partial charge < -0.3 is 10.1 Å². The van der Waals surface area contributed by atoms with Gasteiger partial charge in [0.2, 0.25) is 0 Å². The number of hydrogen-bond acceptors (Lipinski definition) is 4. The number of H-pyrrole nitrogens is 1. The van der Waals surface area contributed by atoms with Gasteiger partial charge in [-0.25, -0.2) is 0 Å². The second-order valence-corrected chi connectivity index (χ2v) is 7.08. The molecule has 3 aromatic heterocycles. The summed E-state index contributed by atoms with van der Waals surface area (Å²) in [6, 6.07) is 11.3. The van der Waals surface area contributed by atoms with E-state index in [1.54, 1.807) is 24.5 Å². The highest BCUT2D eigenvalue weighted by molar-refractivity contribution is 9.10. The first-order valence-corrected chi connectivity index (χ1v) is 8.85. The van der Waals surface area contributed by atoms with Crippen LogP contribution in [0.4, 0.5) is 0 Å². The molecule has 2 N–H and O–H groups in total. The lowest BCUT2D eigenvalue weighted by Gasteiger charge is -2.07. The van der Waals surface area contributed by atoms with Crippen molar-refractivity contribution in [3.05, 3.63) is 69.0 Å². The predicted molar refractivity (Wildman–Crippen MR) is 100 cm³/mol. The molecule has 0 aliphatic rings. The number of benzene rings is 1. The number of rotatable bonds is 2. The average molecular weight is 399 g/mol. The van der Waals surface area contributed by atoms with Crippen LogP contribution in [0.3, 0.4) is 0 Å². The van der Waals surface area contributed by atoms with Crippen LogP contribution in [0.2, 0.25) is 0 Å². The Morgan fingerprint density at radius 2 is 1.92 bits per heavy atom. The van der Waals surface area contributed by atoms with Crippen LogP contribution in [0.1, 0.15) is 0 Å². The molecule has 0 fully saturated rings. The summed E-state index contributed by atoms with van der Waals surface area (Å²) in [6.45, 7) is 0. The normalized spacial score (nSPS) is 11.0. The lowest BCUT2D eigenvalue weighted by molar-refractivity contribution is 0.483. The Hall–Kier alpha value is -2.44. The fourth-order valence-electron chi connectivity index (χ4n) is 2.70. The molecule has 1 aromatic carbocycles. The molecule has 24 heavy (non-hydrogen) atoms. The first-order valence-electron chi connectivity index (χ1n) is 7.18. The van der Waals surface area contributed by atoms with E-state index in [1.165, 1.54) is 11.3 Å². The summed E-state index contributed by atoms with van der Waals surface area (Å²) in [5.74, 6) is -0.0130. The lowest BCUT2D eigenvalue weighted by Crippen LogP contribution is -2.08. The number of hydrogen-bond donors (Lipinski definition) is 2. The number of fused-ring (bicyclic) bond motifs is 1. The van der Waals surface area contributed by atoms with E-state index < -0.39 is 0 Å².